The van der Waals surface area contributed by atoms with Crippen molar-refractivity contribution < 1.29 is 0 Å². The molecule has 0 saturated carbocycles. The molecular formula is C21H26N2S. The van der Waals surface area contributed by atoms with Crippen LogP contribution in [0.2, 0.25) is 0 Å². The molecule has 0 aliphatic carbocycles. The summed E-state index contributed by atoms with van der Waals surface area (Å²) in [7, 11) is 0. The van der Waals surface area contributed by atoms with E-state index in [2.05, 4.69) is 74.3 Å². The summed E-state index contributed by atoms with van der Waals surface area (Å²) in [5.74, 6) is 0.575. The molecule has 3 rings (SSSR count). The Labute approximate surface area is 150 Å². The number of nitrogens with zero attached hydrogens (tertiary/aromatic N) is 1. The molecule has 1 fully saturated rings. The zero-order valence-corrected chi connectivity index (χ0v) is 15.8. The van der Waals surface area contributed by atoms with Crippen LogP contribution in [0.1, 0.15) is 40.2 Å². The molecule has 2 aromatic carbocycles. The summed E-state index contributed by atoms with van der Waals surface area (Å²) in [5.41, 5.74) is 7.70. The lowest BCUT2D eigenvalue weighted by Crippen LogP contribution is -2.33. The maximum Gasteiger partial charge on any atom is 0.173 e. The molecule has 0 spiro atoms. The average Bonchev–Trinajstić information content (AvgIpc) is 3.01. The molecule has 0 radical (unpaired) electrons. The van der Waals surface area contributed by atoms with E-state index in [-0.39, 0.29) is 0 Å². The summed E-state index contributed by atoms with van der Waals surface area (Å²) in [5, 5.41) is 4.33. The fraction of sp³-hybridized carbons (Fsp3) is 0.381. The normalized spacial score (nSPS) is 17.2. The molecule has 0 unspecified atom stereocenters. The Morgan fingerprint density at radius 3 is 2.25 bits per heavy atom. The predicted molar refractivity (Wildman–Crippen MR) is 107 cm³/mol. The van der Waals surface area contributed by atoms with E-state index in [1.165, 1.54) is 27.8 Å². The van der Waals surface area contributed by atoms with Gasteiger partial charge >= 0.3 is 0 Å². The van der Waals surface area contributed by atoms with E-state index in [0.29, 0.717) is 5.92 Å². The molecule has 0 bridgehead atoms. The van der Waals surface area contributed by atoms with Crippen LogP contribution in [0.15, 0.2) is 36.4 Å². The Hall–Kier alpha value is -1.87. The van der Waals surface area contributed by atoms with Crippen LogP contribution in [0.25, 0.3) is 0 Å². The highest BCUT2D eigenvalue weighted by Gasteiger charge is 2.25. The Morgan fingerprint density at radius 2 is 1.62 bits per heavy atom. The van der Waals surface area contributed by atoms with Gasteiger partial charge in [0.25, 0.3) is 0 Å². The largest absolute Gasteiger partial charge is 0.348 e. The summed E-state index contributed by atoms with van der Waals surface area (Å²) < 4.78 is 0. The van der Waals surface area contributed by atoms with Crippen LogP contribution in [0, 0.1) is 27.7 Å². The van der Waals surface area contributed by atoms with Crippen molar-refractivity contribution in [2.24, 2.45) is 0 Å². The van der Waals surface area contributed by atoms with Crippen LogP contribution in [-0.4, -0.2) is 23.1 Å². The van der Waals surface area contributed by atoms with Crippen molar-refractivity contribution in [3.8, 4) is 0 Å². The summed E-state index contributed by atoms with van der Waals surface area (Å²) in [4.78, 5) is 2.30. The predicted octanol–water partition coefficient (Wildman–Crippen LogP) is 5.11. The van der Waals surface area contributed by atoms with Crippen LogP contribution < -0.4 is 5.32 Å². The molecule has 126 valence electrons. The number of rotatable bonds is 2. The van der Waals surface area contributed by atoms with Crippen molar-refractivity contribution in [1.82, 2.24) is 4.90 Å². The van der Waals surface area contributed by atoms with Gasteiger partial charge in [0.15, 0.2) is 5.11 Å². The Kier molecular flexibility index (Phi) is 4.91. The van der Waals surface area contributed by atoms with E-state index >= 15 is 0 Å². The quantitative estimate of drug-likeness (QED) is 0.766. The first-order chi connectivity index (χ1) is 11.4. The van der Waals surface area contributed by atoms with Crippen molar-refractivity contribution in [2.75, 3.05) is 18.4 Å². The molecule has 0 aromatic heterocycles. The van der Waals surface area contributed by atoms with E-state index in [1.807, 2.05) is 0 Å². The van der Waals surface area contributed by atoms with E-state index in [4.69, 9.17) is 12.2 Å². The standard InChI is InChI=1S/C21H26N2S/c1-14-5-7-18(8-6-14)19-9-10-23(13-19)21(24)22-20-16(3)11-15(2)12-17(20)4/h5-8,11-12,19H,9-10,13H2,1-4H3,(H,22,24)/t19-/m0/s1. The van der Waals surface area contributed by atoms with Gasteiger partial charge in [-0.15, -0.1) is 0 Å². The topological polar surface area (TPSA) is 15.3 Å². The minimum atomic E-state index is 0.575. The van der Waals surface area contributed by atoms with Gasteiger partial charge in [-0.05, 0) is 63.0 Å². The van der Waals surface area contributed by atoms with Gasteiger partial charge in [-0.25, -0.2) is 0 Å². The van der Waals surface area contributed by atoms with Crippen LogP contribution in [0.3, 0.4) is 0 Å². The fourth-order valence-corrected chi connectivity index (χ4v) is 3.89. The zero-order chi connectivity index (χ0) is 17.3. The van der Waals surface area contributed by atoms with Crippen LogP contribution in [-0.2, 0) is 0 Å². The number of likely N-dealkylation sites (tertiary alicyclic amines) is 1. The molecule has 1 aliphatic rings. The van der Waals surface area contributed by atoms with Gasteiger partial charge in [0, 0.05) is 24.7 Å². The highest BCUT2D eigenvalue weighted by molar-refractivity contribution is 7.80. The highest BCUT2D eigenvalue weighted by atomic mass is 32.1. The molecule has 1 heterocycles. The molecule has 0 amide bonds. The zero-order valence-electron chi connectivity index (χ0n) is 15.0. The minimum absolute atomic E-state index is 0.575. The lowest BCUT2D eigenvalue weighted by molar-refractivity contribution is 0.518. The molecule has 2 aromatic rings. The number of benzene rings is 2. The summed E-state index contributed by atoms with van der Waals surface area (Å²) in [6.45, 7) is 10.6. The van der Waals surface area contributed by atoms with Crippen molar-refractivity contribution in [3.05, 3.63) is 64.2 Å². The molecular weight excluding hydrogens is 312 g/mol. The van der Waals surface area contributed by atoms with Crippen LogP contribution in [0.4, 0.5) is 5.69 Å². The third kappa shape index (κ3) is 3.62. The summed E-state index contributed by atoms with van der Waals surface area (Å²) in [6, 6.07) is 13.3. The van der Waals surface area contributed by atoms with Crippen molar-refractivity contribution >= 4 is 23.0 Å². The first-order valence-corrected chi connectivity index (χ1v) is 9.05. The number of thiocarbonyl (C=S) groups is 1. The minimum Gasteiger partial charge on any atom is -0.348 e. The lowest BCUT2D eigenvalue weighted by atomic mass is 9.98. The molecule has 3 heteroatoms. The van der Waals surface area contributed by atoms with Gasteiger partial charge in [0.05, 0.1) is 0 Å². The number of hydrogen-bond acceptors (Lipinski definition) is 1. The molecule has 24 heavy (non-hydrogen) atoms. The smallest absolute Gasteiger partial charge is 0.173 e. The molecule has 1 saturated heterocycles. The Bertz CT molecular complexity index is 726. The van der Waals surface area contributed by atoms with E-state index in [9.17, 15) is 0 Å². The average molecular weight is 339 g/mol. The van der Waals surface area contributed by atoms with E-state index in [0.717, 1.165) is 30.3 Å². The SMILES string of the molecule is Cc1ccc([C@H]2CCN(C(=S)Nc3c(C)cc(C)cc3C)C2)cc1. The second-order valence-electron chi connectivity index (χ2n) is 7.05. The van der Waals surface area contributed by atoms with Crippen LogP contribution in [0.5, 0.6) is 0 Å². The second-order valence-corrected chi connectivity index (χ2v) is 7.43. The first kappa shape index (κ1) is 17.0. The van der Waals surface area contributed by atoms with Crippen molar-refractivity contribution in [1.29, 1.82) is 0 Å². The van der Waals surface area contributed by atoms with E-state index in [1.54, 1.807) is 0 Å². The monoisotopic (exact) mass is 338 g/mol. The number of nitrogens with one attached hydrogen (secondary N) is 1. The van der Waals surface area contributed by atoms with Gasteiger partial charge in [-0.3, -0.25) is 0 Å². The maximum absolute atomic E-state index is 5.69. The third-order valence-corrected chi connectivity index (χ3v) is 5.29. The second kappa shape index (κ2) is 6.94. The van der Waals surface area contributed by atoms with Gasteiger partial charge < -0.3 is 10.2 Å². The van der Waals surface area contributed by atoms with Crippen LogP contribution >= 0.6 is 12.2 Å². The lowest BCUT2D eigenvalue weighted by Gasteiger charge is -2.23. The van der Waals surface area contributed by atoms with Crippen molar-refractivity contribution in [3.63, 3.8) is 0 Å². The number of hydrogen-bond donors (Lipinski definition) is 1. The summed E-state index contributed by atoms with van der Waals surface area (Å²) in [6.07, 6.45) is 1.16. The number of aryl methyl sites for hydroxylation is 4. The summed E-state index contributed by atoms with van der Waals surface area (Å²) >= 11 is 5.69. The Morgan fingerprint density at radius 1 is 1.00 bits per heavy atom. The molecule has 1 N–H and O–H groups in total. The Balaban J connectivity index is 1.68. The molecule has 2 nitrogen and oxygen atoms in total. The van der Waals surface area contributed by atoms with Gasteiger partial charge in [-0.2, -0.15) is 0 Å². The first-order valence-electron chi connectivity index (χ1n) is 8.64. The fourth-order valence-electron chi connectivity index (χ4n) is 3.62. The van der Waals surface area contributed by atoms with Gasteiger partial charge in [0.1, 0.15) is 0 Å². The van der Waals surface area contributed by atoms with Gasteiger partial charge in [-0.1, -0.05) is 47.5 Å². The molecule has 1 aliphatic heterocycles. The maximum atomic E-state index is 5.69. The highest BCUT2D eigenvalue weighted by Crippen LogP contribution is 2.29. The molecule has 1 atom stereocenters. The third-order valence-electron chi connectivity index (χ3n) is 4.93. The van der Waals surface area contributed by atoms with E-state index < -0.39 is 0 Å². The van der Waals surface area contributed by atoms with Gasteiger partial charge in [0.2, 0.25) is 0 Å². The van der Waals surface area contributed by atoms with Crippen molar-refractivity contribution in [2.45, 2.75) is 40.0 Å². The number of anilines is 1.